The van der Waals surface area contributed by atoms with Crippen molar-refractivity contribution in [3.8, 4) is 0 Å². The maximum absolute atomic E-state index is 12.1. The Kier molecular flexibility index (Phi) is 5.13. The number of anilines is 3. The zero-order valence-electron chi connectivity index (χ0n) is 18.7. The van der Waals surface area contributed by atoms with E-state index in [9.17, 15) is 9.59 Å². The Labute approximate surface area is 200 Å². The van der Waals surface area contributed by atoms with Crippen LogP contribution >= 0.6 is 11.8 Å². The molecule has 11 heteroatoms. The molecule has 34 heavy (non-hydrogen) atoms. The molecule has 174 valence electrons. The van der Waals surface area contributed by atoms with E-state index in [1.54, 1.807) is 12.3 Å². The van der Waals surface area contributed by atoms with Crippen molar-refractivity contribution >= 4 is 52.1 Å². The molecule has 0 unspecified atom stereocenters. The molecule has 6 rings (SSSR count). The first-order valence-electron chi connectivity index (χ1n) is 11.4. The standard InChI is InChI=1S/C23H24N8O2S/c1-14-19(30-10-8-29(9-11-30)18-4-2-3-7-24-18)27-21-15(12-17-22(32)28-23(33)34-17)13-25-31(21)20(14)26-16-5-6-16/h2-4,7,12-13,16,26H,5-6,8-11H2,1H3,(H,28,32,33)/b17-12-. The van der Waals surface area contributed by atoms with E-state index in [0.717, 1.165) is 73.8 Å². The molecule has 0 radical (unpaired) electrons. The summed E-state index contributed by atoms with van der Waals surface area (Å²) in [5.41, 5.74) is 2.42. The number of nitrogens with zero attached hydrogens (tertiary/aromatic N) is 6. The largest absolute Gasteiger partial charge is 0.367 e. The van der Waals surface area contributed by atoms with Crippen molar-refractivity contribution in [2.75, 3.05) is 41.3 Å². The minimum absolute atomic E-state index is 0.351. The molecule has 0 aromatic carbocycles. The Balaban J connectivity index is 1.36. The van der Waals surface area contributed by atoms with Gasteiger partial charge in [-0.25, -0.2) is 9.97 Å². The van der Waals surface area contributed by atoms with Gasteiger partial charge in [-0.15, -0.1) is 0 Å². The Morgan fingerprint density at radius 2 is 1.94 bits per heavy atom. The van der Waals surface area contributed by atoms with Gasteiger partial charge in [-0.2, -0.15) is 9.61 Å². The fraction of sp³-hybridized carbons (Fsp3) is 0.348. The SMILES string of the molecule is Cc1c(N2CCN(c3ccccn3)CC2)nc2c(/C=C3\SC(=O)NC3=O)cnn2c1NC1CC1. The van der Waals surface area contributed by atoms with Gasteiger partial charge in [-0.1, -0.05) is 6.07 Å². The first-order chi connectivity index (χ1) is 16.6. The summed E-state index contributed by atoms with van der Waals surface area (Å²) in [5.74, 6) is 2.45. The molecule has 5 heterocycles. The summed E-state index contributed by atoms with van der Waals surface area (Å²) in [5, 5.41) is 10.1. The summed E-state index contributed by atoms with van der Waals surface area (Å²) in [6.45, 7) is 5.42. The lowest BCUT2D eigenvalue weighted by atomic mass is 10.2. The predicted octanol–water partition coefficient (Wildman–Crippen LogP) is 2.66. The summed E-state index contributed by atoms with van der Waals surface area (Å²) in [6, 6.07) is 6.42. The number of piperazine rings is 1. The number of hydrogen-bond acceptors (Lipinski definition) is 9. The Morgan fingerprint density at radius 1 is 1.15 bits per heavy atom. The molecule has 1 saturated carbocycles. The van der Waals surface area contributed by atoms with Gasteiger partial charge in [0.1, 0.15) is 17.5 Å². The van der Waals surface area contributed by atoms with Crippen molar-refractivity contribution in [2.24, 2.45) is 0 Å². The van der Waals surface area contributed by atoms with Crippen LogP contribution in [0.15, 0.2) is 35.5 Å². The van der Waals surface area contributed by atoms with Crippen molar-refractivity contribution in [3.05, 3.63) is 46.6 Å². The van der Waals surface area contributed by atoms with E-state index in [-0.39, 0.29) is 11.1 Å². The molecule has 2 saturated heterocycles. The second-order valence-corrected chi connectivity index (χ2v) is 9.69. The second-order valence-electron chi connectivity index (χ2n) is 8.68. The first kappa shape index (κ1) is 21.0. The van der Waals surface area contributed by atoms with Crippen molar-refractivity contribution in [3.63, 3.8) is 0 Å². The van der Waals surface area contributed by atoms with E-state index in [2.05, 4.69) is 37.4 Å². The fourth-order valence-corrected chi connectivity index (χ4v) is 5.00. The van der Waals surface area contributed by atoms with Crippen molar-refractivity contribution in [1.82, 2.24) is 24.9 Å². The molecule has 3 aromatic rings. The smallest absolute Gasteiger partial charge is 0.290 e. The molecule has 10 nitrogen and oxygen atoms in total. The highest BCUT2D eigenvalue weighted by Crippen LogP contribution is 2.34. The summed E-state index contributed by atoms with van der Waals surface area (Å²) in [6.07, 6.45) is 7.49. The van der Waals surface area contributed by atoms with Crippen LogP contribution in [0.2, 0.25) is 0 Å². The molecular formula is C23H24N8O2S. The van der Waals surface area contributed by atoms with Crippen LogP contribution in [0.25, 0.3) is 11.7 Å². The van der Waals surface area contributed by atoms with E-state index < -0.39 is 0 Å². The number of rotatable bonds is 5. The van der Waals surface area contributed by atoms with E-state index in [4.69, 9.17) is 4.98 Å². The summed E-state index contributed by atoms with van der Waals surface area (Å²) >= 11 is 0.898. The number of thioether (sulfide) groups is 1. The minimum atomic E-state index is -0.386. The minimum Gasteiger partial charge on any atom is -0.367 e. The Morgan fingerprint density at radius 3 is 2.62 bits per heavy atom. The summed E-state index contributed by atoms with van der Waals surface area (Å²) in [4.78, 5) is 38.1. The molecule has 2 aliphatic heterocycles. The lowest BCUT2D eigenvalue weighted by molar-refractivity contribution is -0.115. The normalized spacial score (nSPS) is 19.9. The predicted molar refractivity (Wildman–Crippen MR) is 132 cm³/mol. The van der Waals surface area contributed by atoms with E-state index in [1.807, 2.05) is 28.9 Å². The fourth-order valence-electron chi connectivity index (χ4n) is 4.33. The highest BCUT2D eigenvalue weighted by molar-refractivity contribution is 8.18. The number of pyridine rings is 1. The van der Waals surface area contributed by atoms with Crippen molar-refractivity contribution in [2.45, 2.75) is 25.8 Å². The molecule has 0 atom stereocenters. The number of carbonyl (C=O) groups is 2. The number of fused-ring (bicyclic) bond motifs is 1. The molecule has 3 aliphatic rings. The monoisotopic (exact) mass is 476 g/mol. The van der Waals surface area contributed by atoms with E-state index in [0.29, 0.717) is 22.2 Å². The van der Waals surface area contributed by atoms with E-state index in [1.165, 1.54) is 0 Å². The first-order valence-corrected chi connectivity index (χ1v) is 12.2. The van der Waals surface area contributed by atoms with Crippen LogP contribution in [0.3, 0.4) is 0 Å². The Bertz CT molecular complexity index is 1310. The molecule has 3 fully saturated rings. The molecule has 3 aromatic heterocycles. The third-order valence-electron chi connectivity index (χ3n) is 6.28. The van der Waals surface area contributed by atoms with Crippen LogP contribution in [-0.2, 0) is 4.79 Å². The van der Waals surface area contributed by atoms with Gasteiger partial charge in [0.2, 0.25) is 0 Å². The molecular weight excluding hydrogens is 452 g/mol. The molecule has 1 aliphatic carbocycles. The number of amides is 2. The summed E-state index contributed by atoms with van der Waals surface area (Å²) < 4.78 is 1.81. The molecule has 2 N–H and O–H groups in total. The van der Waals surface area contributed by atoms with Gasteiger partial charge in [0, 0.05) is 49.5 Å². The topological polar surface area (TPSA) is 108 Å². The lowest BCUT2D eigenvalue weighted by Gasteiger charge is -2.37. The van der Waals surface area contributed by atoms with E-state index >= 15 is 0 Å². The number of carbonyl (C=O) groups excluding carboxylic acids is 2. The Hall–Kier alpha value is -3.60. The third kappa shape index (κ3) is 3.85. The molecule has 0 bridgehead atoms. The highest BCUT2D eigenvalue weighted by Gasteiger charge is 2.29. The average Bonchev–Trinajstić information content (AvgIpc) is 3.50. The lowest BCUT2D eigenvalue weighted by Crippen LogP contribution is -2.47. The second kappa shape index (κ2) is 8.32. The van der Waals surface area contributed by atoms with Crippen LogP contribution in [0.5, 0.6) is 0 Å². The van der Waals surface area contributed by atoms with Crippen molar-refractivity contribution in [1.29, 1.82) is 0 Å². The van der Waals surface area contributed by atoms with Crippen LogP contribution in [0.1, 0.15) is 24.0 Å². The van der Waals surface area contributed by atoms with Gasteiger partial charge in [0.05, 0.1) is 11.1 Å². The molecule has 0 spiro atoms. The van der Waals surface area contributed by atoms with Crippen LogP contribution in [-0.4, -0.2) is 62.9 Å². The zero-order chi connectivity index (χ0) is 23.2. The zero-order valence-corrected chi connectivity index (χ0v) is 19.5. The van der Waals surface area contributed by atoms with Gasteiger partial charge >= 0.3 is 0 Å². The maximum Gasteiger partial charge on any atom is 0.290 e. The van der Waals surface area contributed by atoms with Gasteiger partial charge in [-0.05, 0) is 49.7 Å². The highest BCUT2D eigenvalue weighted by atomic mass is 32.2. The average molecular weight is 477 g/mol. The number of nitrogens with one attached hydrogen (secondary N) is 2. The summed E-state index contributed by atoms with van der Waals surface area (Å²) in [7, 11) is 0. The van der Waals surface area contributed by atoms with Crippen LogP contribution in [0, 0.1) is 6.92 Å². The van der Waals surface area contributed by atoms with Crippen LogP contribution < -0.4 is 20.4 Å². The van der Waals surface area contributed by atoms with Crippen molar-refractivity contribution < 1.29 is 9.59 Å². The number of aromatic nitrogens is 4. The number of hydrogen-bond donors (Lipinski definition) is 2. The molecule has 2 amide bonds. The van der Waals surface area contributed by atoms with Gasteiger partial charge in [0.25, 0.3) is 11.1 Å². The van der Waals surface area contributed by atoms with Gasteiger partial charge < -0.3 is 15.1 Å². The number of imide groups is 1. The van der Waals surface area contributed by atoms with Gasteiger partial charge in [-0.3, -0.25) is 14.9 Å². The van der Waals surface area contributed by atoms with Gasteiger partial charge in [0.15, 0.2) is 5.65 Å². The quantitative estimate of drug-likeness (QED) is 0.537. The third-order valence-corrected chi connectivity index (χ3v) is 7.10. The van der Waals surface area contributed by atoms with Crippen LogP contribution in [0.4, 0.5) is 22.2 Å². The maximum atomic E-state index is 12.1.